The first-order valence-corrected chi connectivity index (χ1v) is 7.80. The molecule has 1 amide bonds. The maximum Gasteiger partial charge on any atom is 0.222 e. The molecular formula is C15H30N2O2. The Labute approximate surface area is 117 Å². The van der Waals surface area contributed by atoms with Crippen molar-refractivity contribution in [2.45, 2.75) is 58.4 Å². The molecule has 19 heavy (non-hydrogen) atoms. The fraction of sp³-hybridized carbons (Fsp3) is 0.933. The van der Waals surface area contributed by atoms with Crippen LogP contribution in [0, 0.1) is 5.92 Å². The summed E-state index contributed by atoms with van der Waals surface area (Å²) in [4.78, 5) is 14.3. The van der Waals surface area contributed by atoms with Crippen LogP contribution in [-0.4, -0.2) is 43.2 Å². The van der Waals surface area contributed by atoms with E-state index in [0.29, 0.717) is 31.5 Å². The summed E-state index contributed by atoms with van der Waals surface area (Å²) in [6.45, 7) is 7.18. The molecule has 0 saturated carbocycles. The Morgan fingerprint density at radius 2 is 2.16 bits per heavy atom. The molecule has 0 spiro atoms. The minimum Gasteiger partial charge on any atom is -0.377 e. The summed E-state index contributed by atoms with van der Waals surface area (Å²) in [7, 11) is 0. The SMILES string of the molecule is CCCC(CCN)CCC(=O)N1CCOCC1CC. The number of carbonyl (C=O) groups excluding carboxylic acids is 1. The number of morpholine rings is 1. The zero-order valence-electron chi connectivity index (χ0n) is 12.6. The second-order valence-corrected chi connectivity index (χ2v) is 5.49. The van der Waals surface area contributed by atoms with Gasteiger partial charge in [-0.2, -0.15) is 0 Å². The summed E-state index contributed by atoms with van der Waals surface area (Å²) in [6, 6.07) is 0.278. The largest absolute Gasteiger partial charge is 0.377 e. The highest BCUT2D eigenvalue weighted by Gasteiger charge is 2.25. The van der Waals surface area contributed by atoms with Crippen LogP contribution in [0.3, 0.4) is 0 Å². The molecule has 0 radical (unpaired) electrons. The van der Waals surface area contributed by atoms with E-state index in [1.807, 2.05) is 4.90 Å². The minimum absolute atomic E-state index is 0.278. The molecule has 1 heterocycles. The van der Waals surface area contributed by atoms with Crippen LogP contribution in [0.5, 0.6) is 0 Å². The zero-order chi connectivity index (χ0) is 14.1. The van der Waals surface area contributed by atoms with E-state index in [2.05, 4.69) is 13.8 Å². The summed E-state index contributed by atoms with van der Waals surface area (Å²) < 4.78 is 5.45. The summed E-state index contributed by atoms with van der Waals surface area (Å²) in [5, 5.41) is 0. The Morgan fingerprint density at radius 1 is 1.37 bits per heavy atom. The Bertz CT molecular complexity index is 253. The van der Waals surface area contributed by atoms with Gasteiger partial charge in [0.15, 0.2) is 0 Å². The molecule has 2 N–H and O–H groups in total. The van der Waals surface area contributed by atoms with Crippen molar-refractivity contribution in [2.75, 3.05) is 26.3 Å². The summed E-state index contributed by atoms with van der Waals surface area (Å²) in [5.74, 6) is 0.911. The fourth-order valence-corrected chi connectivity index (χ4v) is 2.87. The molecule has 4 nitrogen and oxygen atoms in total. The van der Waals surface area contributed by atoms with E-state index >= 15 is 0 Å². The van der Waals surface area contributed by atoms with E-state index < -0.39 is 0 Å². The van der Waals surface area contributed by atoms with Crippen molar-refractivity contribution in [1.29, 1.82) is 0 Å². The molecule has 0 aliphatic carbocycles. The Morgan fingerprint density at radius 3 is 2.79 bits per heavy atom. The van der Waals surface area contributed by atoms with Crippen LogP contribution < -0.4 is 5.73 Å². The van der Waals surface area contributed by atoms with Crippen LogP contribution in [-0.2, 0) is 9.53 Å². The van der Waals surface area contributed by atoms with Crippen molar-refractivity contribution in [1.82, 2.24) is 4.90 Å². The number of rotatable bonds is 8. The highest BCUT2D eigenvalue weighted by atomic mass is 16.5. The molecule has 0 bridgehead atoms. The van der Waals surface area contributed by atoms with E-state index in [1.165, 1.54) is 12.8 Å². The topological polar surface area (TPSA) is 55.6 Å². The zero-order valence-corrected chi connectivity index (χ0v) is 12.6. The molecule has 1 aliphatic rings. The number of amides is 1. The lowest BCUT2D eigenvalue weighted by Crippen LogP contribution is -2.48. The monoisotopic (exact) mass is 270 g/mol. The highest BCUT2D eigenvalue weighted by Crippen LogP contribution is 2.19. The number of hydrogen-bond acceptors (Lipinski definition) is 3. The molecule has 1 fully saturated rings. The molecular weight excluding hydrogens is 240 g/mol. The summed E-state index contributed by atoms with van der Waals surface area (Å²) in [6.07, 6.45) is 6.03. The maximum absolute atomic E-state index is 12.3. The van der Waals surface area contributed by atoms with E-state index in [4.69, 9.17) is 10.5 Å². The van der Waals surface area contributed by atoms with Gasteiger partial charge in [0.1, 0.15) is 0 Å². The molecule has 112 valence electrons. The van der Waals surface area contributed by atoms with Crippen molar-refractivity contribution in [3.05, 3.63) is 0 Å². The van der Waals surface area contributed by atoms with Crippen LogP contribution in [0.1, 0.15) is 52.4 Å². The molecule has 1 rings (SSSR count). The van der Waals surface area contributed by atoms with Gasteiger partial charge in [-0.05, 0) is 31.7 Å². The third-order valence-electron chi connectivity index (χ3n) is 4.06. The van der Waals surface area contributed by atoms with Gasteiger partial charge in [0.25, 0.3) is 0 Å². The van der Waals surface area contributed by atoms with Crippen molar-refractivity contribution in [3.8, 4) is 0 Å². The second kappa shape index (κ2) is 9.32. The standard InChI is InChI=1S/C15H30N2O2/c1-3-5-13(8-9-16)6-7-15(18)17-10-11-19-12-14(17)4-2/h13-14H,3-12,16H2,1-2H3. The molecule has 0 aromatic carbocycles. The summed E-state index contributed by atoms with van der Waals surface area (Å²) in [5.41, 5.74) is 5.64. The first-order chi connectivity index (χ1) is 9.22. The molecule has 2 atom stereocenters. The smallest absolute Gasteiger partial charge is 0.222 e. The molecule has 1 aliphatic heterocycles. The normalized spacial score (nSPS) is 21.4. The fourth-order valence-electron chi connectivity index (χ4n) is 2.87. The van der Waals surface area contributed by atoms with E-state index in [0.717, 1.165) is 32.4 Å². The predicted molar refractivity (Wildman–Crippen MR) is 77.9 cm³/mol. The maximum atomic E-state index is 12.3. The number of nitrogens with zero attached hydrogens (tertiary/aromatic N) is 1. The van der Waals surface area contributed by atoms with Gasteiger partial charge in [0, 0.05) is 13.0 Å². The van der Waals surface area contributed by atoms with Gasteiger partial charge in [-0.3, -0.25) is 4.79 Å². The quantitative estimate of drug-likeness (QED) is 0.735. The van der Waals surface area contributed by atoms with Crippen LogP contribution >= 0.6 is 0 Å². The third-order valence-corrected chi connectivity index (χ3v) is 4.06. The van der Waals surface area contributed by atoms with Gasteiger partial charge in [-0.1, -0.05) is 26.7 Å². The van der Waals surface area contributed by atoms with Crippen molar-refractivity contribution >= 4 is 5.91 Å². The Kier molecular flexibility index (Phi) is 8.07. The van der Waals surface area contributed by atoms with Crippen molar-refractivity contribution in [2.24, 2.45) is 11.7 Å². The first kappa shape index (κ1) is 16.4. The number of hydrogen-bond donors (Lipinski definition) is 1. The van der Waals surface area contributed by atoms with E-state index in [1.54, 1.807) is 0 Å². The lowest BCUT2D eigenvalue weighted by molar-refractivity contribution is -0.140. The van der Waals surface area contributed by atoms with Gasteiger partial charge in [0.2, 0.25) is 5.91 Å². The van der Waals surface area contributed by atoms with Crippen LogP contribution in [0.4, 0.5) is 0 Å². The third kappa shape index (κ3) is 5.49. The van der Waals surface area contributed by atoms with Crippen molar-refractivity contribution in [3.63, 3.8) is 0 Å². The minimum atomic E-state index is 0.278. The number of ether oxygens (including phenoxy) is 1. The average Bonchev–Trinajstić information content (AvgIpc) is 2.44. The lowest BCUT2D eigenvalue weighted by Gasteiger charge is -2.35. The molecule has 1 saturated heterocycles. The van der Waals surface area contributed by atoms with Crippen molar-refractivity contribution < 1.29 is 9.53 Å². The van der Waals surface area contributed by atoms with Crippen LogP contribution in [0.15, 0.2) is 0 Å². The van der Waals surface area contributed by atoms with E-state index in [-0.39, 0.29) is 6.04 Å². The number of carbonyl (C=O) groups is 1. The van der Waals surface area contributed by atoms with Crippen LogP contribution in [0.2, 0.25) is 0 Å². The van der Waals surface area contributed by atoms with Crippen LogP contribution in [0.25, 0.3) is 0 Å². The number of nitrogens with two attached hydrogens (primary N) is 1. The van der Waals surface area contributed by atoms with Gasteiger partial charge in [0.05, 0.1) is 19.3 Å². The average molecular weight is 270 g/mol. The Hall–Kier alpha value is -0.610. The summed E-state index contributed by atoms with van der Waals surface area (Å²) >= 11 is 0. The van der Waals surface area contributed by atoms with Gasteiger partial charge >= 0.3 is 0 Å². The Balaban J connectivity index is 2.39. The van der Waals surface area contributed by atoms with Gasteiger partial charge in [-0.25, -0.2) is 0 Å². The van der Waals surface area contributed by atoms with Gasteiger partial charge in [-0.15, -0.1) is 0 Å². The lowest BCUT2D eigenvalue weighted by atomic mass is 9.94. The van der Waals surface area contributed by atoms with E-state index in [9.17, 15) is 4.79 Å². The molecule has 0 aromatic heterocycles. The van der Waals surface area contributed by atoms with Gasteiger partial charge < -0.3 is 15.4 Å². The highest BCUT2D eigenvalue weighted by molar-refractivity contribution is 5.76. The molecule has 4 heteroatoms. The first-order valence-electron chi connectivity index (χ1n) is 7.80. The molecule has 0 aromatic rings. The second-order valence-electron chi connectivity index (χ2n) is 5.49. The predicted octanol–water partition coefficient (Wildman–Crippen LogP) is 2.17. The molecule has 2 unspecified atom stereocenters.